The first-order chi connectivity index (χ1) is 50.2. The number of hydrogen-bond donors (Lipinski definition) is 4. The molecule has 0 aliphatic heterocycles. The Morgan fingerprint density at radius 1 is 0.282 bits per heavy atom. The monoisotopic (exact) mass is 1490 g/mol. The summed E-state index contributed by atoms with van der Waals surface area (Å²) in [6, 6.07) is 0. The lowest BCUT2D eigenvalue weighted by molar-refractivity contribution is -0.161. The van der Waals surface area contributed by atoms with E-state index in [0.29, 0.717) is 19.3 Å². The Bertz CT molecular complexity index is 2410. The minimum Gasteiger partial charge on any atom is -0.463 e. The second kappa shape index (κ2) is 77.3. The molecule has 0 aromatic rings. The third kappa shape index (κ3) is 78.6. The molecule has 0 saturated heterocycles. The first-order valence-electron chi connectivity index (χ1n) is 40.5. The van der Waals surface area contributed by atoms with E-state index in [4.69, 9.17) is 32.3 Å². The fourth-order valence-corrected chi connectivity index (χ4v) is 12.3. The number of carbonyl (C=O) groups is 3. The van der Waals surface area contributed by atoms with Crippen molar-refractivity contribution in [2.45, 2.75) is 347 Å². The van der Waals surface area contributed by atoms with Crippen LogP contribution in [-0.2, 0) is 55.8 Å². The van der Waals surface area contributed by atoms with Crippen LogP contribution in [0.5, 0.6) is 0 Å². The van der Waals surface area contributed by atoms with Gasteiger partial charge in [-0.1, -0.05) is 309 Å². The quantitative estimate of drug-likeness (QED) is 0.0146. The topological polar surface area (TPSA) is 231 Å². The average molecular weight is 1490 g/mol. The summed E-state index contributed by atoms with van der Waals surface area (Å²) in [6.45, 7) is 2.45. The van der Waals surface area contributed by atoms with Gasteiger partial charge in [0.15, 0.2) is 6.10 Å². The van der Waals surface area contributed by atoms with Crippen LogP contribution in [0.2, 0.25) is 0 Å². The molecule has 0 aliphatic rings. The molecule has 0 fully saturated rings. The molecule has 0 aliphatic carbocycles. The van der Waals surface area contributed by atoms with Gasteiger partial charge in [0.25, 0.3) is 0 Å². The third-order valence-corrected chi connectivity index (χ3v) is 18.7. The van der Waals surface area contributed by atoms with Crippen LogP contribution in [0.25, 0.3) is 0 Å². The van der Waals surface area contributed by atoms with Gasteiger partial charge in [-0.05, 0) is 135 Å². The van der Waals surface area contributed by atoms with Crippen molar-refractivity contribution < 1.29 is 75.8 Å². The van der Waals surface area contributed by atoms with Crippen molar-refractivity contribution in [3.05, 3.63) is 134 Å². The van der Waals surface area contributed by atoms with Crippen molar-refractivity contribution in [2.75, 3.05) is 39.6 Å². The lowest BCUT2D eigenvalue weighted by Crippen LogP contribution is -2.30. The molecule has 0 radical (unpaired) electrons. The molecule has 0 spiro atoms. The molecule has 5 unspecified atom stereocenters. The zero-order valence-corrected chi connectivity index (χ0v) is 66.5. The summed E-state index contributed by atoms with van der Waals surface area (Å²) >= 11 is 0. The highest BCUT2D eigenvalue weighted by Crippen LogP contribution is 2.45. The van der Waals surface area contributed by atoms with E-state index in [-0.39, 0.29) is 19.3 Å². The van der Waals surface area contributed by atoms with Gasteiger partial charge in [0.1, 0.15) is 25.4 Å². The van der Waals surface area contributed by atoms with Crippen molar-refractivity contribution in [3.63, 3.8) is 0 Å². The van der Waals surface area contributed by atoms with Gasteiger partial charge in [-0.25, -0.2) is 9.13 Å². The maximum Gasteiger partial charge on any atom is 0.472 e. The maximum atomic E-state index is 12.9. The highest BCUT2D eigenvalue weighted by atomic mass is 31.2. The summed E-state index contributed by atoms with van der Waals surface area (Å²) in [6.07, 6.45) is 93.8. The molecule has 16 nitrogen and oxygen atoms in total. The van der Waals surface area contributed by atoms with Gasteiger partial charge in [-0.2, -0.15) is 0 Å². The lowest BCUT2D eigenvalue weighted by Gasteiger charge is -2.21. The first-order valence-corrected chi connectivity index (χ1v) is 43.5. The average Bonchev–Trinajstić information content (AvgIpc) is 0.925. The molecular formula is C85H146O16P2. The molecule has 0 saturated carbocycles. The minimum atomic E-state index is -4.94. The SMILES string of the molecule is CC/C=C\C/C=C\C/C=C\C/C=C\C/C=C\C/C=C\CCCCCCCCCCCCCCCCCCC(=O)OCC(O)COP(=O)(O)OCC(O)COP(=O)(O)OCC(COC(=O)CCCCCCCC/C=C\C/C=C\C/C=C\CCCCC)OC(=O)CCCCCCC/C=C\C/C=C\CCC. The summed E-state index contributed by atoms with van der Waals surface area (Å²) in [5, 5.41) is 20.6. The van der Waals surface area contributed by atoms with Crippen molar-refractivity contribution in [3.8, 4) is 0 Å². The Morgan fingerprint density at radius 2 is 0.534 bits per heavy atom. The van der Waals surface area contributed by atoms with Crippen LogP contribution in [0.1, 0.15) is 329 Å². The van der Waals surface area contributed by atoms with E-state index in [1.165, 1.54) is 103 Å². The molecule has 5 atom stereocenters. The van der Waals surface area contributed by atoms with Gasteiger partial charge in [-0.3, -0.25) is 32.5 Å². The minimum absolute atomic E-state index is 0.0840. The van der Waals surface area contributed by atoms with Crippen molar-refractivity contribution >= 4 is 33.6 Å². The molecule has 4 N–H and O–H groups in total. The number of unbranched alkanes of at least 4 members (excludes halogenated alkanes) is 31. The molecule has 592 valence electrons. The van der Waals surface area contributed by atoms with Crippen molar-refractivity contribution in [2.24, 2.45) is 0 Å². The molecule has 0 amide bonds. The molecule has 0 heterocycles. The molecule has 103 heavy (non-hydrogen) atoms. The molecule has 0 aromatic carbocycles. The van der Waals surface area contributed by atoms with E-state index in [2.05, 4.69) is 154 Å². The fourth-order valence-electron chi connectivity index (χ4n) is 10.7. The number of allylic oxidation sites excluding steroid dienone is 22. The van der Waals surface area contributed by atoms with Crippen molar-refractivity contribution in [1.82, 2.24) is 0 Å². The standard InChI is InChI=1S/C85H146O16P2/c1-4-7-10-13-16-19-22-25-27-29-31-32-33-34-35-36-37-38-39-40-41-42-43-44-45-46-48-50-51-54-56-59-62-65-68-71-83(88)95-74-80(86)75-97-102(91,92)98-76-81(87)77-99-103(93,94)100-79-82(101-85(90)73-70-67-64-61-58-53-24-21-18-15-12-9-6-3)78-96-84(89)72-69-66-63-60-57-55-52-49-47-30-28-26-23-20-17-14-11-8-5-2/h7,10,12,15-17,19-21,24-28,31-32,34-35,37-38,47,49,80-82,86-87H,4-6,8-9,11,13-14,18,22-23,29-30,33,36,39-46,48,50-79H2,1-3H3,(H,91,92)(H,93,94)/b10-7-,15-12-,19-16-,20-17-,24-21-,27-25-,28-26-,32-31-,35-34-,38-37-,49-47-. The Hall–Kier alpha value is -4.31. The lowest BCUT2D eigenvalue weighted by atomic mass is 10.0. The van der Waals surface area contributed by atoms with Gasteiger partial charge < -0.3 is 34.2 Å². The van der Waals surface area contributed by atoms with E-state index in [0.717, 1.165) is 167 Å². The predicted octanol–water partition coefficient (Wildman–Crippen LogP) is 23.9. The smallest absolute Gasteiger partial charge is 0.463 e. The molecule has 0 rings (SSSR count). The highest BCUT2D eigenvalue weighted by molar-refractivity contribution is 7.47. The summed E-state index contributed by atoms with van der Waals surface area (Å²) < 4.78 is 61.1. The predicted molar refractivity (Wildman–Crippen MR) is 426 cm³/mol. The number of phosphoric ester groups is 2. The fraction of sp³-hybridized carbons (Fsp3) is 0.706. The number of phosphoric acid groups is 2. The summed E-state index contributed by atoms with van der Waals surface area (Å²) in [4.78, 5) is 58.6. The maximum absolute atomic E-state index is 12.9. The highest BCUT2D eigenvalue weighted by Gasteiger charge is 2.29. The van der Waals surface area contributed by atoms with E-state index in [1.54, 1.807) is 0 Å². The number of esters is 3. The van der Waals surface area contributed by atoms with Crippen molar-refractivity contribution in [1.29, 1.82) is 0 Å². The van der Waals surface area contributed by atoms with Crippen LogP contribution >= 0.6 is 15.6 Å². The van der Waals surface area contributed by atoms with Gasteiger partial charge in [0.05, 0.1) is 26.4 Å². The second-order valence-electron chi connectivity index (χ2n) is 26.8. The zero-order valence-electron chi connectivity index (χ0n) is 64.7. The Labute approximate surface area is 626 Å². The molecule has 0 bridgehead atoms. The van der Waals surface area contributed by atoms with Crippen LogP contribution in [0.4, 0.5) is 0 Å². The van der Waals surface area contributed by atoms with E-state index in [9.17, 15) is 43.5 Å². The Balaban J connectivity index is 4.38. The van der Waals surface area contributed by atoms with Crippen LogP contribution in [0.3, 0.4) is 0 Å². The number of carbonyl (C=O) groups excluding carboxylic acids is 3. The second-order valence-corrected chi connectivity index (χ2v) is 29.7. The molecule has 18 heteroatoms. The normalized spacial score (nSPS) is 14.7. The van der Waals surface area contributed by atoms with Crippen LogP contribution < -0.4 is 0 Å². The van der Waals surface area contributed by atoms with Gasteiger partial charge >= 0.3 is 33.6 Å². The summed E-state index contributed by atoms with van der Waals surface area (Å²) in [5.74, 6) is -1.60. The number of ether oxygens (including phenoxy) is 3. The van der Waals surface area contributed by atoms with Crippen LogP contribution in [0.15, 0.2) is 134 Å². The third-order valence-electron chi connectivity index (χ3n) is 16.8. The molecular weight excluding hydrogens is 1340 g/mol. The Morgan fingerprint density at radius 3 is 0.854 bits per heavy atom. The van der Waals surface area contributed by atoms with Crippen LogP contribution in [-0.4, -0.2) is 95.9 Å². The van der Waals surface area contributed by atoms with E-state index in [1.807, 2.05) is 0 Å². The Kier molecular flexibility index (Phi) is 74.1. The first kappa shape index (κ1) is 98.7. The van der Waals surface area contributed by atoms with E-state index >= 15 is 0 Å². The summed E-state index contributed by atoms with van der Waals surface area (Å²) in [7, 11) is -9.79. The zero-order chi connectivity index (χ0) is 75.2. The van der Waals surface area contributed by atoms with Gasteiger partial charge in [0, 0.05) is 19.3 Å². The number of hydrogen-bond acceptors (Lipinski definition) is 14. The number of aliphatic hydroxyl groups is 2. The number of rotatable bonds is 76. The number of aliphatic hydroxyl groups excluding tert-OH is 2. The van der Waals surface area contributed by atoms with Crippen LogP contribution in [0, 0.1) is 0 Å². The van der Waals surface area contributed by atoms with Gasteiger partial charge in [-0.15, -0.1) is 0 Å². The van der Waals surface area contributed by atoms with E-state index < -0.39 is 91.5 Å². The largest absolute Gasteiger partial charge is 0.472 e. The molecule has 0 aromatic heterocycles. The van der Waals surface area contributed by atoms with Gasteiger partial charge in [0.2, 0.25) is 0 Å². The summed E-state index contributed by atoms with van der Waals surface area (Å²) in [5.41, 5.74) is 0.